The van der Waals surface area contributed by atoms with Gasteiger partial charge in [0.05, 0.1) is 0 Å². The summed E-state index contributed by atoms with van der Waals surface area (Å²) >= 11 is 0. The molecule has 0 radical (unpaired) electrons. The van der Waals surface area contributed by atoms with Crippen molar-refractivity contribution in [3.63, 3.8) is 0 Å². The van der Waals surface area contributed by atoms with Crippen molar-refractivity contribution in [3.05, 3.63) is 173 Å². The number of fused-ring (bicyclic) bond motifs is 10. The maximum absolute atomic E-state index is 4.59. The van der Waals surface area contributed by atoms with E-state index in [1.54, 1.807) is 0 Å². The first-order chi connectivity index (χ1) is 22.6. The van der Waals surface area contributed by atoms with Gasteiger partial charge in [0.15, 0.2) is 0 Å². The van der Waals surface area contributed by atoms with Crippen LogP contribution in [0.5, 0.6) is 0 Å². The summed E-state index contributed by atoms with van der Waals surface area (Å²) in [5.41, 5.74) is 12.4. The third-order valence-corrected chi connectivity index (χ3v) is 9.81. The Bertz CT molecular complexity index is 2490. The van der Waals surface area contributed by atoms with Gasteiger partial charge in [-0.1, -0.05) is 142 Å². The van der Waals surface area contributed by atoms with Gasteiger partial charge >= 0.3 is 0 Å². The van der Waals surface area contributed by atoms with Crippen molar-refractivity contribution in [1.29, 1.82) is 0 Å². The quantitative estimate of drug-likeness (QED) is 0.128. The molecule has 6 aromatic carbocycles. The minimum Gasteiger partial charge on any atom is -0.0984 e. The Morgan fingerprint density at radius 1 is 0.674 bits per heavy atom. The first kappa shape index (κ1) is 28.0. The van der Waals surface area contributed by atoms with Crippen molar-refractivity contribution in [2.24, 2.45) is 0 Å². The highest BCUT2D eigenvalue weighted by Crippen LogP contribution is 2.43. The van der Waals surface area contributed by atoms with Crippen LogP contribution in [-0.2, 0) is 0 Å². The van der Waals surface area contributed by atoms with Crippen molar-refractivity contribution in [3.8, 4) is 22.3 Å². The summed E-state index contributed by atoms with van der Waals surface area (Å²) in [6.07, 6.45) is 15.2. The summed E-state index contributed by atoms with van der Waals surface area (Å²) < 4.78 is 0. The zero-order chi connectivity index (χ0) is 31.4. The van der Waals surface area contributed by atoms with Crippen LogP contribution in [0, 0.1) is 0 Å². The summed E-state index contributed by atoms with van der Waals surface area (Å²) in [5, 5.41) is 10.3. The molecule has 0 heterocycles. The Labute approximate surface area is 271 Å². The molecule has 0 aromatic heterocycles. The van der Waals surface area contributed by atoms with E-state index in [1.165, 1.54) is 87.3 Å². The predicted molar refractivity (Wildman–Crippen MR) is 201 cm³/mol. The van der Waals surface area contributed by atoms with Crippen molar-refractivity contribution >= 4 is 50.0 Å². The maximum Gasteiger partial charge on any atom is -0.00199 e. The van der Waals surface area contributed by atoms with Crippen LogP contribution in [0.25, 0.3) is 72.3 Å². The lowest BCUT2D eigenvalue weighted by Gasteiger charge is -2.16. The van der Waals surface area contributed by atoms with Crippen LogP contribution in [0.4, 0.5) is 0 Å². The van der Waals surface area contributed by atoms with Gasteiger partial charge < -0.3 is 0 Å². The smallest absolute Gasteiger partial charge is 0.00199 e. The SMILES string of the molecule is C=CC1=C(C(=C)/C(=C/C=C\CC)CC)c2ccc3c(ccc4c5c(ccc43)-c3c(cc4ccccc4c3-c3ccccc3)C=5)c2=C1. The first-order valence-electron chi connectivity index (χ1n) is 16.4. The van der Waals surface area contributed by atoms with Crippen LogP contribution >= 0.6 is 0 Å². The third-order valence-electron chi connectivity index (χ3n) is 9.81. The monoisotopic (exact) mass is 588 g/mol. The second kappa shape index (κ2) is 11.2. The number of benzene rings is 6. The Morgan fingerprint density at radius 3 is 2.07 bits per heavy atom. The molecule has 0 aliphatic heterocycles. The molecular weight excluding hydrogens is 553 g/mol. The van der Waals surface area contributed by atoms with Gasteiger partial charge in [0.25, 0.3) is 0 Å². The molecule has 46 heavy (non-hydrogen) atoms. The molecule has 0 spiro atoms. The van der Waals surface area contributed by atoms with E-state index >= 15 is 0 Å². The molecule has 2 aliphatic carbocycles. The molecule has 0 amide bonds. The van der Waals surface area contributed by atoms with Crippen molar-refractivity contribution in [2.75, 3.05) is 0 Å². The molecule has 0 N–H and O–H groups in total. The Balaban J connectivity index is 1.32. The zero-order valence-electron chi connectivity index (χ0n) is 26.5. The second-order valence-corrected chi connectivity index (χ2v) is 12.3. The van der Waals surface area contributed by atoms with Crippen molar-refractivity contribution in [1.82, 2.24) is 0 Å². The van der Waals surface area contributed by atoms with E-state index < -0.39 is 0 Å². The largest absolute Gasteiger partial charge is 0.0984 e. The summed E-state index contributed by atoms with van der Waals surface area (Å²) in [4.78, 5) is 0. The van der Waals surface area contributed by atoms with Crippen LogP contribution in [0.15, 0.2) is 151 Å². The van der Waals surface area contributed by atoms with Crippen molar-refractivity contribution < 1.29 is 0 Å². The molecule has 0 fully saturated rings. The molecule has 0 nitrogen and oxygen atoms in total. The molecule has 220 valence electrons. The lowest BCUT2D eigenvalue weighted by atomic mass is 9.87. The normalized spacial score (nSPS) is 13.7. The molecule has 0 atom stereocenters. The van der Waals surface area contributed by atoms with Crippen LogP contribution in [0.2, 0.25) is 0 Å². The summed E-state index contributed by atoms with van der Waals surface area (Å²) in [7, 11) is 0. The van der Waals surface area contributed by atoms with E-state index in [9.17, 15) is 0 Å². The van der Waals surface area contributed by atoms with Gasteiger partial charge in [0, 0.05) is 0 Å². The zero-order valence-corrected chi connectivity index (χ0v) is 26.5. The van der Waals surface area contributed by atoms with Gasteiger partial charge in [-0.15, -0.1) is 0 Å². The van der Waals surface area contributed by atoms with E-state index in [-0.39, 0.29) is 0 Å². The lowest BCUT2D eigenvalue weighted by Crippen LogP contribution is -2.09. The standard InChI is InChI=1S/C46H36/c1-5-8-10-15-30(6-2)29(4)44-31(7-3)27-42-38-20-21-39-37(36(38)22-24-40(42)44)23-25-41-43(39)28-34-26-33-18-13-14-19-35(33)45(46(34)41)32-16-11-9-12-17-32/h7-28H,3-6H2,1-2H3/b10-8-,30-15+. The number of allylic oxidation sites excluding steroid dienone is 8. The van der Waals surface area contributed by atoms with Crippen LogP contribution in [0.1, 0.15) is 37.8 Å². The van der Waals surface area contributed by atoms with Crippen molar-refractivity contribution in [2.45, 2.75) is 26.7 Å². The van der Waals surface area contributed by atoms with E-state index in [2.05, 4.69) is 154 Å². The molecule has 0 unspecified atom stereocenters. The first-order valence-corrected chi connectivity index (χ1v) is 16.4. The highest BCUT2D eigenvalue weighted by Gasteiger charge is 2.23. The minimum atomic E-state index is 0.930. The molecule has 0 bridgehead atoms. The highest BCUT2D eigenvalue weighted by atomic mass is 14.3. The van der Waals surface area contributed by atoms with Gasteiger partial charge in [-0.2, -0.15) is 0 Å². The Hall–Kier alpha value is -5.46. The molecule has 8 rings (SSSR count). The second-order valence-electron chi connectivity index (χ2n) is 12.3. The molecular formula is C46H36. The van der Waals surface area contributed by atoms with Gasteiger partial charge in [0.1, 0.15) is 0 Å². The lowest BCUT2D eigenvalue weighted by molar-refractivity contribution is 1.13. The third kappa shape index (κ3) is 4.21. The molecule has 0 saturated heterocycles. The van der Waals surface area contributed by atoms with Crippen LogP contribution in [-0.4, -0.2) is 0 Å². The van der Waals surface area contributed by atoms with Gasteiger partial charge in [-0.3, -0.25) is 0 Å². The number of hydrogen-bond acceptors (Lipinski definition) is 0. The van der Waals surface area contributed by atoms with E-state index in [4.69, 9.17) is 0 Å². The average Bonchev–Trinajstić information content (AvgIpc) is 3.67. The summed E-state index contributed by atoms with van der Waals surface area (Å²) in [6, 6.07) is 36.0. The fourth-order valence-corrected chi connectivity index (χ4v) is 7.64. The minimum absolute atomic E-state index is 0.930. The fraction of sp³-hybridized carbons (Fsp3) is 0.0870. The molecule has 0 heteroatoms. The summed E-state index contributed by atoms with van der Waals surface area (Å²) in [5.74, 6) is 0. The topological polar surface area (TPSA) is 0 Å². The maximum atomic E-state index is 4.59. The predicted octanol–water partition coefficient (Wildman–Crippen LogP) is 11.2. The van der Waals surface area contributed by atoms with E-state index in [0.717, 1.165) is 24.0 Å². The van der Waals surface area contributed by atoms with E-state index in [0.29, 0.717) is 0 Å². The molecule has 0 saturated carbocycles. The summed E-state index contributed by atoms with van der Waals surface area (Å²) in [6.45, 7) is 13.1. The van der Waals surface area contributed by atoms with Crippen LogP contribution in [0.3, 0.4) is 0 Å². The number of rotatable bonds is 7. The average molecular weight is 589 g/mol. The molecule has 6 aromatic rings. The fourth-order valence-electron chi connectivity index (χ4n) is 7.64. The highest BCUT2D eigenvalue weighted by molar-refractivity contribution is 6.15. The Morgan fingerprint density at radius 2 is 1.35 bits per heavy atom. The Kier molecular flexibility index (Phi) is 6.80. The van der Waals surface area contributed by atoms with Gasteiger partial charge in [0.2, 0.25) is 0 Å². The van der Waals surface area contributed by atoms with E-state index in [1.807, 2.05) is 6.08 Å². The van der Waals surface area contributed by atoms with Gasteiger partial charge in [-0.05, 0) is 129 Å². The number of hydrogen-bond donors (Lipinski definition) is 0. The van der Waals surface area contributed by atoms with Crippen LogP contribution < -0.4 is 10.4 Å². The van der Waals surface area contributed by atoms with Gasteiger partial charge in [-0.25, -0.2) is 0 Å². The molecule has 2 aliphatic rings.